The van der Waals surface area contributed by atoms with Gasteiger partial charge in [-0.3, -0.25) is 4.79 Å². The fourth-order valence-corrected chi connectivity index (χ4v) is 3.14. The predicted molar refractivity (Wildman–Crippen MR) is 96.3 cm³/mol. The molecule has 0 bridgehead atoms. The van der Waals surface area contributed by atoms with E-state index in [2.05, 4.69) is 14.9 Å². The fourth-order valence-electron chi connectivity index (χ4n) is 2.15. The minimum atomic E-state index is -0.397. The van der Waals surface area contributed by atoms with Crippen LogP contribution in [0.15, 0.2) is 42.6 Å². The first-order valence-electron chi connectivity index (χ1n) is 6.81. The molecule has 1 amide bonds. The molecule has 0 atom stereocenters. The lowest BCUT2D eigenvalue weighted by Gasteiger charge is -2.12. The number of nitrogens with zero attached hydrogens (tertiary/aromatic N) is 2. The van der Waals surface area contributed by atoms with Crippen molar-refractivity contribution in [3.05, 3.63) is 58.2 Å². The van der Waals surface area contributed by atoms with Crippen molar-refractivity contribution in [2.24, 2.45) is 0 Å². The first kappa shape index (κ1) is 16.7. The standard InChI is InChI=1S/C16H11Cl2N3O2S/c1-23-15-12(18)7-6-11(17)14(15)16(22)20-10-4-2-9(3-5-10)13-8-19-21-24-13/h2-8H,1H3,(H,20,22). The lowest BCUT2D eigenvalue weighted by atomic mass is 10.1. The van der Waals surface area contributed by atoms with Crippen LogP contribution in [0.5, 0.6) is 5.75 Å². The van der Waals surface area contributed by atoms with Crippen LogP contribution in [0.2, 0.25) is 10.0 Å². The molecule has 1 aromatic heterocycles. The number of hydrogen-bond donors (Lipinski definition) is 1. The van der Waals surface area contributed by atoms with E-state index in [0.717, 1.165) is 10.4 Å². The molecule has 1 N–H and O–H groups in total. The van der Waals surface area contributed by atoms with Gasteiger partial charge in [0, 0.05) is 5.69 Å². The zero-order valence-corrected chi connectivity index (χ0v) is 14.7. The molecule has 3 rings (SSSR count). The van der Waals surface area contributed by atoms with E-state index in [1.165, 1.54) is 18.6 Å². The Balaban J connectivity index is 1.84. The second-order valence-electron chi connectivity index (χ2n) is 4.75. The van der Waals surface area contributed by atoms with Crippen LogP contribution in [-0.2, 0) is 0 Å². The zero-order chi connectivity index (χ0) is 17.1. The molecule has 2 aromatic carbocycles. The molecule has 0 saturated heterocycles. The number of rotatable bonds is 4. The van der Waals surface area contributed by atoms with Gasteiger partial charge in [-0.1, -0.05) is 39.8 Å². The number of halogens is 2. The Kier molecular flexibility index (Phi) is 4.99. The first-order valence-corrected chi connectivity index (χ1v) is 8.34. The van der Waals surface area contributed by atoms with Crippen molar-refractivity contribution in [2.45, 2.75) is 0 Å². The highest BCUT2D eigenvalue weighted by atomic mass is 35.5. The number of carbonyl (C=O) groups excluding carboxylic acids is 1. The van der Waals surface area contributed by atoms with Gasteiger partial charge >= 0.3 is 0 Å². The number of hydrogen-bond acceptors (Lipinski definition) is 5. The maximum Gasteiger partial charge on any atom is 0.261 e. The minimum absolute atomic E-state index is 0.197. The lowest BCUT2D eigenvalue weighted by Crippen LogP contribution is -2.14. The van der Waals surface area contributed by atoms with Gasteiger partial charge in [-0.15, -0.1) is 5.10 Å². The molecule has 122 valence electrons. The van der Waals surface area contributed by atoms with E-state index >= 15 is 0 Å². The normalized spacial score (nSPS) is 10.5. The van der Waals surface area contributed by atoms with Gasteiger partial charge in [0.25, 0.3) is 5.91 Å². The monoisotopic (exact) mass is 379 g/mol. The highest BCUT2D eigenvalue weighted by molar-refractivity contribution is 7.09. The van der Waals surface area contributed by atoms with Crippen LogP contribution < -0.4 is 10.1 Å². The molecule has 0 radical (unpaired) electrons. The van der Waals surface area contributed by atoms with E-state index < -0.39 is 5.91 Å². The summed E-state index contributed by atoms with van der Waals surface area (Å²) in [4.78, 5) is 13.5. The number of methoxy groups -OCH3 is 1. The smallest absolute Gasteiger partial charge is 0.261 e. The Morgan fingerprint density at radius 2 is 1.83 bits per heavy atom. The third-order valence-corrected chi connectivity index (χ3v) is 4.60. The summed E-state index contributed by atoms with van der Waals surface area (Å²) in [5, 5.41) is 7.17. The maximum atomic E-state index is 12.5. The number of anilines is 1. The third-order valence-electron chi connectivity index (χ3n) is 3.28. The Labute approximate surface area is 152 Å². The van der Waals surface area contributed by atoms with Gasteiger partial charge in [-0.2, -0.15) is 0 Å². The average molecular weight is 380 g/mol. The number of aromatic nitrogens is 2. The van der Waals surface area contributed by atoms with E-state index in [1.807, 2.05) is 12.1 Å². The van der Waals surface area contributed by atoms with E-state index in [9.17, 15) is 4.79 Å². The summed E-state index contributed by atoms with van der Waals surface area (Å²) in [7, 11) is 1.44. The van der Waals surface area contributed by atoms with Gasteiger partial charge in [0.2, 0.25) is 0 Å². The van der Waals surface area contributed by atoms with Crippen LogP contribution in [0.4, 0.5) is 5.69 Å². The lowest BCUT2D eigenvalue weighted by molar-refractivity contribution is 0.102. The molecule has 24 heavy (non-hydrogen) atoms. The SMILES string of the molecule is COc1c(Cl)ccc(Cl)c1C(=O)Nc1ccc(-c2cnns2)cc1. The largest absolute Gasteiger partial charge is 0.494 e. The van der Waals surface area contributed by atoms with E-state index in [-0.39, 0.29) is 16.3 Å². The van der Waals surface area contributed by atoms with Crippen molar-refractivity contribution in [2.75, 3.05) is 12.4 Å². The fraction of sp³-hybridized carbons (Fsp3) is 0.0625. The highest BCUT2D eigenvalue weighted by Gasteiger charge is 2.19. The van der Waals surface area contributed by atoms with Crippen LogP contribution in [0.3, 0.4) is 0 Å². The van der Waals surface area contributed by atoms with Gasteiger partial charge in [-0.05, 0) is 41.4 Å². The molecule has 0 unspecified atom stereocenters. The summed E-state index contributed by atoms with van der Waals surface area (Å²) in [6.07, 6.45) is 1.69. The Hall–Kier alpha value is -2.15. The van der Waals surface area contributed by atoms with Crippen molar-refractivity contribution >= 4 is 46.3 Å². The number of nitrogens with one attached hydrogen (secondary N) is 1. The van der Waals surface area contributed by atoms with Crippen molar-refractivity contribution in [1.82, 2.24) is 9.59 Å². The van der Waals surface area contributed by atoms with Gasteiger partial charge < -0.3 is 10.1 Å². The molecule has 5 nitrogen and oxygen atoms in total. The number of carbonyl (C=O) groups is 1. The summed E-state index contributed by atoms with van der Waals surface area (Å²) < 4.78 is 9.02. The van der Waals surface area contributed by atoms with Crippen LogP contribution in [0.25, 0.3) is 10.4 Å². The van der Waals surface area contributed by atoms with Gasteiger partial charge in [0.05, 0.1) is 28.2 Å². The van der Waals surface area contributed by atoms with Crippen molar-refractivity contribution in [3.63, 3.8) is 0 Å². The molecular weight excluding hydrogens is 369 g/mol. The molecule has 0 spiro atoms. The Morgan fingerprint density at radius 1 is 1.12 bits per heavy atom. The maximum absolute atomic E-state index is 12.5. The number of benzene rings is 2. The molecule has 0 aliphatic heterocycles. The number of amides is 1. The van der Waals surface area contributed by atoms with E-state index in [0.29, 0.717) is 10.7 Å². The molecule has 8 heteroatoms. The topological polar surface area (TPSA) is 64.1 Å². The van der Waals surface area contributed by atoms with Crippen LogP contribution >= 0.6 is 34.7 Å². The minimum Gasteiger partial charge on any atom is -0.494 e. The third kappa shape index (κ3) is 3.36. The summed E-state index contributed by atoms with van der Waals surface area (Å²) >= 11 is 13.5. The van der Waals surface area contributed by atoms with Crippen molar-refractivity contribution < 1.29 is 9.53 Å². The van der Waals surface area contributed by atoms with Crippen LogP contribution in [0.1, 0.15) is 10.4 Å². The molecule has 0 fully saturated rings. The van der Waals surface area contributed by atoms with Gasteiger partial charge in [0.1, 0.15) is 5.56 Å². The van der Waals surface area contributed by atoms with Crippen LogP contribution in [0, 0.1) is 0 Å². The molecule has 0 aliphatic carbocycles. The molecule has 3 aromatic rings. The molecule has 0 aliphatic rings. The first-order chi connectivity index (χ1) is 11.6. The summed E-state index contributed by atoms with van der Waals surface area (Å²) in [6, 6.07) is 10.5. The average Bonchev–Trinajstić information content (AvgIpc) is 3.11. The summed E-state index contributed by atoms with van der Waals surface area (Å²) in [6.45, 7) is 0. The molecule has 1 heterocycles. The van der Waals surface area contributed by atoms with Gasteiger partial charge in [0.15, 0.2) is 5.75 Å². The van der Waals surface area contributed by atoms with E-state index in [4.69, 9.17) is 27.9 Å². The van der Waals surface area contributed by atoms with Crippen molar-refractivity contribution in [3.8, 4) is 16.2 Å². The number of ether oxygens (including phenoxy) is 1. The predicted octanol–water partition coefficient (Wildman–Crippen LogP) is 4.77. The van der Waals surface area contributed by atoms with Crippen LogP contribution in [-0.4, -0.2) is 22.6 Å². The van der Waals surface area contributed by atoms with Gasteiger partial charge in [-0.25, -0.2) is 0 Å². The zero-order valence-electron chi connectivity index (χ0n) is 12.4. The second kappa shape index (κ2) is 7.17. The van der Waals surface area contributed by atoms with E-state index in [1.54, 1.807) is 30.5 Å². The Morgan fingerprint density at radius 3 is 2.46 bits per heavy atom. The highest BCUT2D eigenvalue weighted by Crippen LogP contribution is 2.34. The summed E-state index contributed by atoms with van der Waals surface area (Å²) in [5.41, 5.74) is 1.79. The molecule has 0 saturated carbocycles. The Bertz CT molecular complexity index is 868. The second-order valence-corrected chi connectivity index (χ2v) is 6.35. The molecular formula is C16H11Cl2N3O2S. The quantitative estimate of drug-likeness (QED) is 0.708. The van der Waals surface area contributed by atoms with Crippen molar-refractivity contribution in [1.29, 1.82) is 0 Å². The summed E-state index contributed by atoms with van der Waals surface area (Å²) in [5.74, 6) is -0.152.